The lowest BCUT2D eigenvalue weighted by Gasteiger charge is -2.11. The number of carboxylic acids is 2. The first-order valence-corrected chi connectivity index (χ1v) is 4.27. The smallest absolute Gasteiger partial charge is 0.414 e. The molecule has 1 aromatic rings. The van der Waals surface area contributed by atoms with E-state index in [0.717, 1.165) is 5.69 Å². The molecule has 0 saturated carbocycles. The van der Waals surface area contributed by atoms with Crippen molar-refractivity contribution in [3.8, 4) is 5.75 Å². The molecule has 0 aromatic heterocycles. The van der Waals surface area contributed by atoms with Gasteiger partial charge < -0.3 is 20.2 Å². The number of aromatic hydroxyl groups is 1. The number of nitrogens with zero attached hydrogens (tertiary/aromatic N) is 1. The molecule has 16 heavy (non-hydrogen) atoms. The van der Waals surface area contributed by atoms with Crippen molar-refractivity contribution in [2.24, 2.45) is 0 Å². The highest BCUT2D eigenvalue weighted by molar-refractivity contribution is 6.27. The second-order valence-corrected chi connectivity index (χ2v) is 3.02. The number of phenols is 1. The van der Waals surface area contributed by atoms with Crippen LogP contribution in [0.1, 0.15) is 0 Å². The van der Waals surface area contributed by atoms with Gasteiger partial charge in [-0.2, -0.15) is 0 Å². The van der Waals surface area contributed by atoms with Crippen LogP contribution in [0.25, 0.3) is 0 Å². The second kappa shape index (κ2) is 6.28. The molecule has 0 aliphatic rings. The molecule has 0 amide bonds. The molecule has 0 aliphatic carbocycles. The van der Waals surface area contributed by atoms with E-state index >= 15 is 0 Å². The quantitative estimate of drug-likeness (QED) is 0.608. The molecule has 0 heterocycles. The minimum Gasteiger partial charge on any atom is -0.508 e. The molecular weight excluding hydrogens is 214 g/mol. The van der Waals surface area contributed by atoms with Gasteiger partial charge in [0.05, 0.1) is 0 Å². The summed E-state index contributed by atoms with van der Waals surface area (Å²) in [5.41, 5.74) is 1.10. The zero-order valence-electron chi connectivity index (χ0n) is 8.91. The van der Waals surface area contributed by atoms with Crippen molar-refractivity contribution < 1.29 is 24.9 Å². The van der Waals surface area contributed by atoms with Crippen LogP contribution in [0.2, 0.25) is 0 Å². The molecule has 0 spiro atoms. The van der Waals surface area contributed by atoms with Gasteiger partial charge in [-0.05, 0) is 24.3 Å². The van der Waals surface area contributed by atoms with Crippen LogP contribution < -0.4 is 4.90 Å². The Morgan fingerprint density at radius 2 is 1.38 bits per heavy atom. The standard InChI is InChI=1S/C8H11NO.C2H2O4/c1-9(2)7-3-5-8(10)6-4-7;3-1(4)2(5)6/h3-6,10H,1-2H3;(H,3,4)(H,5,6). The van der Waals surface area contributed by atoms with Crippen LogP contribution in [0.15, 0.2) is 24.3 Å². The zero-order chi connectivity index (χ0) is 12.7. The number of phenolic OH excluding ortho intramolecular Hbond substituents is 1. The Bertz CT molecular complexity index is 346. The molecule has 0 aliphatic heterocycles. The molecule has 1 rings (SSSR count). The molecule has 0 fully saturated rings. The van der Waals surface area contributed by atoms with Gasteiger partial charge in [-0.15, -0.1) is 0 Å². The largest absolute Gasteiger partial charge is 0.508 e. The Morgan fingerprint density at radius 1 is 1.00 bits per heavy atom. The summed E-state index contributed by atoms with van der Waals surface area (Å²) >= 11 is 0. The highest BCUT2D eigenvalue weighted by Crippen LogP contribution is 2.15. The number of benzene rings is 1. The Balaban J connectivity index is 0.000000325. The summed E-state index contributed by atoms with van der Waals surface area (Å²) in [5.74, 6) is -3.34. The van der Waals surface area contributed by atoms with Crippen LogP contribution in [0.4, 0.5) is 5.69 Å². The SMILES string of the molecule is CN(C)c1ccc(O)cc1.O=C(O)C(=O)O. The van der Waals surface area contributed by atoms with Gasteiger partial charge in [-0.25, -0.2) is 9.59 Å². The Kier molecular flexibility index (Phi) is 5.40. The van der Waals surface area contributed by atoms with Gasteiger partial charge in [0.25, 0.3) is 0 Å². The average Bonchev–Trinajstić information content (AvgIpc) is 2.19. The number of aliphatic carboxylic acids is 2. The van der Waals surface area contributed by atoms with E-state index in [-0.39, 0.29) is 0 Å². The summed E-state index contributed by atoms with van der Waals surface area (Å²) in [6.07, 6.45) is 0. The van der Waals surface area contributed by atoms with E-state index in [9.17, 15) is 0 Å². The van der Waals surface area contributed by atoms with Gasteiger partial charge in [0.1, 0.15) is 5.75 Å². The first-order chi connectivity index (χ1) is 7.34. The molecule has 0 saturated heterocycles. The molecule has 6 heteroatoms. The normalized spacial score (nSPS) is 8.62. The number of carbonyl (C=O) groups is 2. The predicted molar refractivity (Wildman–Crippen MR) is 57.7 cm³/mol. The number of hydrogen-bond donors (Lipinski definition) is 3. The van der Waals surface area contributed by atoms with Crippen molar-refractivity contribution in [2.45, 2.75) is 0 Å². The van der Waals surface area contributed by atoms with Crippen LogP contribution in [-0.2, 0) is 9.59 Å². The minimum absolute atomic E-state index is 0.311. The minimum atomic E-state index is -1.82. The maximum atomic E-state index is 9.10. The topological polar surface area (TPSA) is 98.1 Å². The Labute approximate surface area is 92.4 Å². The summed E-state index contributed by atoms with van der Waals surface area (Å²) in [7, 11) is 3.93. The van der Waals surface area contributed by atoms with Gasteiger partial charge in [0.2, 0.25) is 0 Å². The van der Waals surface area contributed by atoms with E-state index in [0.29, 0.717) is 5.75 Å². The molecule has 6 nitrogen and oxygen atoms in total. The maximum absolute atomic E-state index is 9.10. The van der Waals surface area contributed by atoms with Crippen molar-refractivity contribution in [1.82, 2.24) is 0 Å². The lowest BCUT2D eigenvalue weighted by molar-refractivity contribution is -0.159. The van der Waals surface area contributed by atoms with Crippen LogP contribution in [0, 0.1) is 0 Å². The van der Waals surface area contributed by atoms with Crippen LogP contribution >= 0.6 is 0 Å². The highest BCUT2D eigenvalue weighted by atomic mass is 16.4. The first kappa shape index (κ1) is 13.8. The fraction of sp³-hybridized carbons (Fsp3) is 0.200. The fourth-order valence-corrected chi connectivity index (χ4v) is 0.751. The van der Waals surface area contributed by atoms with Crippen molar-refractivity contribution in [1.29, 1.82) is 0 Å². The monoisotopic (exact) mass is 227 g/mol. The molecular formula is C10H13NO5. The lowest BCUT2D eigenvalue weighted by Crippen LogP contribution is -2.09. The summed E-state index contributed by atoms with van der Waals surface area (Å²) in [6, 6.07) is 7.09. The molecule has 0 unspecified atom stereocenters. The van der Waals surface area contributed by atoms with Gasteiger partial charge in [0, 0.05) is 19.8 Å². The van der Waals surface area contributed by atoms with Crippen molar-refractivity contribution in [3.63, 3.8) is 0 Å². The van der Waals surface area contributed by atoms with E-state index in [1.54, 1.807) is 12.1 Å². The van der Waals surface area contributed by atoms with E-state index in [1.807, 2.05) is 31.1 Å². The summed E-state index contributed by atoms with van der Waals surface area (Å²) < 4.78 is 0. The van der Waals surface area contributed by atoms with Gasteiger partial charge in [0.15, 0.2) is 0 Å². The van der Waals surface area contributed by atoms with Crippen LogP contribution in [0.5, 0.6) is 5.75 Å². The lowest BCUT2D eigenvalue weighted by atomic mass is 10.3. The zero-order valence-corrected chi connectivity index (χ0v) is 8.91. The third kappa shape index (κ3) is 5.48. The molecule has 3 N–H and O–H groups in total. The first-order valence-electron chi connectivity index (χ1n) is 4.27. The van der Waals surface area contributed by atoms with Gasteiger partial charge in [-0.1, -0.05) is 0 Å². The highest BCUT2D eigenvalue weighted by Gasteiger charge is 2.04. The van der Waals surface area contributed by atoms with E-state index in [1.165, 1.54) is 0 Å². The van der Waals surface area contributed by atoms with E-state index in [4.69, 9.17) is 24.9 Å². The van der Waals surface area contributed by atoms with Crippen molar-refractivity contribution in [3.05, 3.63) is 24.3 Å². The molecule has 1 aromatic carbocycles. The molecule has 88 valence electrons. The second-order valence-electron chi connectivity index (χ2n) is 3.02. The summed E-state index contributed by atoms with van der Waals surface area (Å²) in [5, 5.41) is 23.7. The molecule has 0 bridgehead atoms. The molecule has 0 atom stereocenters. The Morgan fingerprint density at radius 3 is 1.62 bits per heavy atom. The van der Waals surface area contributed by atoms with Gasteiger partial charge >= 0.3 is 11.9 Å². The number of carboxylic acid groups (broad SMARTS) is 2. The van der Waals surface area contributed by atoms with Crippen molar-refractivity contribution >= 4 is 17.6 Å². The number of hydrogen-bond acceptors (Lipinski definition) is 4. The predicted octanol–water partition coefficient (Wildman–Crippen LogP) is 0.614. The van der Waals surface area contributed by atoms with E-state index in [2.05, 4.69) is 0 Å². The third-order valence-electron chi connectivity index (χ3n) is 1.55. The summed E-state index contributed by atoms with van der Waals surface area (Å²) in [6.45, 7) is 0. The fourth-order valence-electron chi connectivity index (χ4n) is 0.751. The average molecular weight is 227 g/mol. The number of anilines is 1. The summed E-state index contributed by atoms with van der Waals surface area (Å²) in [4.78, 5) is 20.2. The third-order valence-corrected chi connectivity index (χ3v) is 1.55. The maximum Gasteiger partial charge on any atom is 0.414 e. The van der Waals surface area contributed by atoms with Crippen LogP contribution in [0.3, 0.4) is 0 Å². The molecule has 0 radical (unpaired) electrons. The van der Waals surface area contributed by atoms with E-state index < -0.39 is 11.9 Å². The van der Waals surface area contributed by atoms with Crippen LogP contribution in [-0.4, -0.2) is 41.4 Å². The van der Waals surface area contributed by atoms with Gasteiger partial charge in [-0.3, -0.25) is 0 Å². The number of rotatable bonds is 1. The Hall–Kier alpha value is -2.24. The van der Waals surface area contributed by atoms with Crippen molar-refractivity contribution in [2.75, 3.05) is 19.0 Å².